The van der Waals surface area contributed by atoms with E-state index in [0.717, 1.165) is 5.56 Å². The standard InChI is InChI=1S/C28H28ClN3O7S/c29-22-16-21(40(35,36)31-12-14-37-15-13-31)10-11-24(22)38-19-27(33)32-18-26(39-25-9-5-4-8-23(25)32)28(34)30-17-20-6-2-1-3-7-20/h1-11,16,26H,12-15,17-19H2,(H,30,34)/t26-/m1/s1. The Morgan fingerprint density at radius 2 is 1.73 bits per heavy atom. The van der Waals surface area contributed by atoms with Gasteiger partial charge < -0.3 is 24.4 Å². The number of fused-ring (bicyclic) bond motifs is 1. The molecule has 5 rings (SSSR count). The van der Waals surface area contributed by atoms with Crippen LogP contribution in [0.5, 0.6) is 11.5 Å². The Morgan fingerprint density at radius 1 is 1.00 bits per heavy atom. The number of halogens is 1. The molecule has 2 heterocycles. The number of amides is 2. The highest BCUT2D eigenvalue weighted by Gasteiger charge is 2.34. The molecule has 1 N–H and O–H groups in total. The molecule has 0 radical (unpaired) electrons. The number of carbonyl (C=O) groups excluding carboxylic acids is 2. The summed E-state index contributed by atoms with van der Waals surface area (Å²) in [6, 6.07) is 20.6. The lowest BCUT2D eigenvalue weighted by molar-refractivity contribution is -0.128. The van der Waals surface area contributed by atoms with Gasteiger partial charge in [0.1, 0.15) is 11.5 Å². The SMILES string of the molecule is O=C(NCc1ccccc1)[C@H]1CN(C(=O)COc2ccc(S(=O)(=O)N3CCOCC3)cc2Cl)c2ccccc2O1. The van der Waals surface area contributed by atoms with Gasteiger partial charge in [0.05, 0.1) is 35.4 Å². The summed E-state index contributed by atoms with van der Waals surface area (Å²) in [5.41, 5.74) is 1.45. The molecule has 0 unspecified atom stereocenters. The zero-order valence-corrected chi connectivity index (χ0v) is 23.1. The van der Waals surface area contributed by atoms with Crippen LogP contribution in [-0.2, 0) is 30.9 Å². The quantitative estimate of drug-likeness (QED) is 0.432. The van der Waals surface area contributed by atoms with Crippen LogP contribution in [0.25, 0.3) is 0 Å². The van der Waals surface area contributed by atoms with Gasteiger partial charge in [-0.05, 0) is 35.9 Å². The first-order valence-corrected chi connectivity index (χ1v) is 14.5. The minimum Gasteiger partial charge on any atom is -0.482 e. The molecular formula is C28H28ClN3O7S. The van der Waals surface area contributed by atoms with Crippen LogP contribution in [0.3, 0.4) is 0 Å². The third-order valence-corrected chi connectivity index (χ3v) is 8.73. The summed E-state index contributed by atoms with van der Waals surface area (Å²) in [5, 5.41) is 2.91. The molecule has 3 aromatic rings. The van der Waals surface area contributed by atoms with Crippen molar-refractivity contribution in [3.8, 4) is 11.5 Å². The van der Waals surface area contributed by atoms with Crippen molar-refractivity contribution in [2.75, 3.05) is 44.4 Å². The van der Waals surface area contributed by atoms with E-state index >= 15 is 0 Å². The summed E-state index contributed by atoms with van der Waals surface area (Å²) in [6.07, 6.45) is -0.921. The maximum Gasteiger partial charge on any atom is 0.265 e. The van der Waals surface area contributed by atoms with Crippen LogP contribution in [0.4, 0.5) is 5.69 Å². The van der Waals surface area contributed by atoms with Gasteiger partial charge in [-0.3, -0.25) is 9.59 Å². The zero-order chi connectivity index (χ0) is 28.1. The van der Waals surface area contributed by atoms with Crippen LogP contribution in [0.15, 0.2) is 77.7 Å². The van der Waals surface area contributed by atoms with Crippen molar-refractivity contribution >= 4 is 39.1 Å². The highest BCUT2D eigenvalue weighted by Crippen LogP contribution is 2.34. The third kappa shape index (κ3) is 6.23. The van der Waals surface area contributed by atoms with Crippen LogP contribution in [0.1, 0.15) is 5.56 Å². The van der Waals surface area contributed by atoms with E-state index in [1.165, 1.54) is 27.4 Å². The summed E-state index contributed by atoms with van der Waals surface area (Å²) < 4.78 is 44.0. The van der Waals surface area contributed by atoms with Crippen LogP contribution >= 0.6 is 11.6 Å². The number of ether oxygens (including phenoxy) is 3. The number of nitrogens with zero attached hydrogens (tertiary/aromatic N) is 2. The lowest BCUT2D eigenvalue weighted by Crippen LogP contribution is -2.51. The van der Waals surface area contributed by atoms with Gasteiger partial charge in [0.25, 0.3) is 11.8 Å². The molecule has 1 atom stereocenters. The lowest BCUT2D eigenvalue weighted by Gasteiger charge is -2.34. The van der Waals surface area contributed by atoms with Gasteiger partial charge in [-0.25, -0.2) is 8.42 Å². The first-order chi connectivity index (χ1) is 19.3. The van der Waals surface area contributed by atoms with Gasteiger partial charge in [0.15, 0.2) is 12.7 Å². The Labute approximate surface area is 237 Å². The highest BCUT2D eigenvalue weighted by atomic mass is 35.5. The number of nitrogens with one attached hydrogen (secondary N) is 1. The Hall–Kier alpha value is -3.64. The van der Waals surface area contributed by atoms with E-state index in [-0.39, 0.29) is 47.8 Å². The smallest absolute Gasteiger partial charge is 0.265 e. The van der Waals surface area contributed by atoms with Crippen LogP contribution in [0, 0.1) is 0 Å². The topological polar surface area (TPSA) is 114 Å². The molecule has 1 fully saturated rings. The van der Waals surface area contributed by atoms with Crippen LogP contribution in [-0.4, -0.2) is 70.1 Å². The number of hydrogen-bond acceptors (Lipinski definition) is 7. The molecule has 12 heteroatoms. The Kier molecular flexibility index (Phi) is 8.55. The monoisotopic (exact) mass is 585 g/mol. The Balaban J connectivity index is 1.25. The van der Waals surface area contributed by atoms with Crippen molar-refractivity contribution in [2.45, 2.75) is 17.5 Å². The molecule has 10 nitrogen and oxygen atoms in total. The number of morpholine rings is 1. The minimum absolute atomic E-state index is 0.00963. The number of sulfonamides is 1. The largest absolute Gasteiger partial charge is 0.482 e. The van der Waals surface area contributed by atoms with Crippen LogP contribution in [0.2, 0.25) is 5.02 Å². The van der Waals surface area contributed by atoms with E-state index in [0.29, 0.717) is 31.2 Å². The van der Waals surface area contributed by atoms with Gasteiger partial charge in [-0.15, -0.1) is 0 Å². The fraction of sp³-hybridized carbons (Fsp3) is 0.286. The average molecular weight is 586 g/mol. The van der Waals surface area contributed by atoms with Gasteiger partial charge in [-0.1, -0.05) is 54.1 Å². The van der Waals surface area contributed by atoms with Crippen molar-refractivity contribution in [1.82, 2.24) is 9.62 Å². The van der Waals surface area contributed by atoms with Crippen molar-refractivity contribution in [3.05, 3.63) is 83.4 Å². The summed E-state index contributed by atoms with van der Waals surface area (Å²) in [6.45, 7) is 1.12. The molecule has 2 aliphatic rings. The molecule has 0 saturated carbocycles. The van der Waals surface area contributed by atoms with Crippen molar-refractivity contribution in [3.63, 3.8) is 0 Å². The van der Waals surface area contributed by atoms with E-state index in [2.05, 4.69) is 5.32 Å². The number of carbonyl (C=O) groups is 2. The van der Waals surface area contributed by atoms with Gasteiger partial charge >= 0.3 is 0 Å². The van der Waals surface area contributed by atoms with Gasteiger partial charge in [0.2, 0.25) is 10.0 Å². The lowest BCUT2D eigenvalue weighted by atomic mass is 10.1. The molecule has 1 saturated heterocycles. The molecule has 0 spiro atoms. The summed E-state index contributed by atoms with van der Waals surface area (Å²) in [5.74, 6) is -0.206. The summed E-state index contributed by atoms with van der Waals surface area (Å²) >= 11 is 6.34. The molecule has 3 aromatic carbocycles. The molecule has 0 bridgehead atoms. The Bertz CT molecular complexity index is 1480. The maximum absolute atomic E-state index is 13.3. The van der Waals surface area contributed by atoms with Gasteiger partial charge in [0, 0.05) is 19.6 Å². The highest BCUT2D eigenvalue weighted by molar-refractivity contribution is 7.89. The van der Waals surface area contributed by atoms with Crippen molar-refractivity contribution in [1.29, 1.82) is 0 Å². The van der Waals surface area contributed by atoms with Crippen molar-refractivity contribution < 1.29 is 32.2 Å². The number of hydrogen-bond donors (Lipinski definition) is 1. The molecule has 0 aliphatic carbocycles. The first-order valence-electron chi connectivity index (χ1n) is 12.7. The second-order valence-electron chi connectivity index (χ2n) is 9.18. The molecule has 2 aliphatic heterocycles. The number of para-hydroxylation sites is 2. The van der Waals surface area contributed by atoms with E-state index in [1.807, 2.05) is 30.3 Å². The van der Waals surface area contributed by atoms with E-state index in [9.17, 15) is 18.0 Å². The number of benzene rings is 3. The third-order valence-electron chi connectivity index (χ3n) is 6.54. The van der Waals surface area contributed by atoms with E-state index in [4.69, 9.17) is 25.8 Å². The number of anilines is 1. The minimum atomic E-state index is -3.73. The zero-order valence-electron chi connectivity index (χ0n) is 21.5. The number of rotatable bonds is 8. The van der Waals surface area contributed by atoms with E-state index < -0.39 is 22.0 Å². The molecule has 40 heavy (non-hydrogen) atoms. The predicted octanol–water partition coefficient (Wildman–Crippen LogP) is 2.85. The summed E-state index contributed by atoms with van der Waals surface area (Å²) in [4.78, 5) is 27.7. The normalized spacial score (nSPS) is 17.4. The van der Waals surface area contributed by atoms with Gasteiger partial charge in [-0.2, -0.15) is 4.31 Å². The van der Waals surface area contributed by atoms with Crippen molar-refractivity contribution in [2.24, 2.45) is 0 Å². The average Bonchev–Trinajstić information content (AvgIpc) is 2.99. The Morgan fingerprint density at radius 3 is 2.48 bits per heavy atom. The summed E-state index contributed by atoms with van der Waals surface area (Å²) in [7, 11) is -3.73. The fourth-order valence-corrected chi connectivity index (χ4v) is 6.15. The molecule has 2 amide bonds. The first kappa shape index (κ1) is 27.9. The fourth-order valence-electron chi connectivity index (χ4n) is 4.42. The maximum atomic E-state index is 13.3. The molecule has 210 valence electrons. The molecular weight excluding hydrogens is 558 g/mol. The second kappa shape index (κ2) is 12.3. The second-order valence-corrected chi connectivity index (χ2v) is 11.5. The van der Waals surface area contributed by atoms with Crippen LogP contribution < -0.4 is 19.7 Å². The van der Waals surface area contributed by atoms with E-state index in [1.54, 1.807) is 24.3 Å². The molecule has 0 aromatic heterocycles. The predicted molar refractivity (Wildman–Crippen MR) is 148 cm³/mol.